The first-order chi connectivity index (χ1) is 9.28. The van der Waals surface area contributed by atoms with E-state index in [2.05, 4.69) is 19.1 Å². The second kappa shape index (κ2) is 6.92. The fourth-order valence-corrected chi connectivity index (χ4v) is 2.18. The van der Waals surface area contributed by atoms with Crippen LogP contribution in [0.4, 0.5) is 0 Å². The number of aliphatic hydroxyl groups is 1. The van der Waals surface area contributed by atoms with E-state index in [4.69, 9.17) is 9.47 Å². The maximum Gasteiger partial charge on any atom is 0.119 e. The van der Waals surface area contributed by atoms with Crippen LogP contribution in [0.25, 0.3) is 0 Å². The van der Waals surface area contributed by atoms with E-state index in [1.54, 1.807) is 0 Å². The Morgan fingerprint density at radius 3 is 2.47 bits per heavy atom. The van der Waals surface area contributed by atoms with Gasteiger partial charge in [-0.1, -0.05) is 31.9 Å². The normalized spacial score (nSPS) is 16.9. The highest BCUT2D eigenvalue weighted by atomic mass is 16.5. The molecule has 0 radical (unpaired) electrons. The number of hydrogen-bond acceptors (Lipinski definition) is 3. The summed E-state index contributed by atoms with van der Waals surface area (Å²) in [6.07, 6.45) is 4.94. The van der Waals surface area contributed by atoms with Crippen LogP contribution in [0, 0.1) is 5.41 Å². The first-order valence-corrected chi connectivity index (χ1v) is 7.18. The molecule has 0 amide bonds. The predicted octanol–water partition coefficient (Wildman–Crippen LogP) is 2.81. The monoisotopic (exact) mass is 264 g/mol. The maximum atomic E-state index is 9.32. The van der Waals surface area contributed by atoms with E-state index < -0.39 is 0 Å². The van der Waals surface area contributed by atoms with Crippen LogP contribution in [-0.2, 0) is 11.2 Å². The van der Waals surface area contributed by atoms with Crippen LogP contribution in [0.1, 0.15) is 31.7 Å². The smallest absolute Gasteiger partial charge is 0.119 e. The van der Waals surface area contributed by atoms with Gasteiger partial charge in [-0.15, -0.1) is 0 Å². The summed E-state index contributed by atoms with van der Waals surface area (Å²) in [6, 6.07) is 8.31. The molecule has 0 unspecified atom stereocenters. The van der Waals surface area contributed by atoms with Crippen molar-refractivity contribution in [3.8, 4) is 5.75 Å². The summed E-state index contributed by atoms with van der Waals surface area (Å²) in [5, 5.41) is 9.32. The van der Waals surface area contributed by atoms with Crippen molar-refractivity contribution in [1.29, 1.82) is 0 Å². The van der Waals surface area contributed by atoms with E-state index in [-0.39, 0.29) is 12.0 Å². The van der Waals surface area contributed by atoms with Crippen molar-refractivity contribution >= 4 is 0 Å². The molecule has 1 aromatic rings. The predicted molar refractivity (Wildman–Crippen MR) is 75.5 cm³/mol. The number of hydrogen-bond donors (Lipinski definition) is 1. The molecule has 0 saturated carbocycles. The molecule has 106 valence electrons. The first kappa shape index (κ1) is 14.4. The Balaban J connectivity index is 1.78. The summed E-state index contributed by atoms with van der Waals surface area (Å²) in [7, 11) is 0. The van der Waals surface area contributed by atoms with Crippen LogP contribution in [-0.4, -0.2) is 31.5 Å². The third-order valence-electron chi connectivity index (χ3n) is 3.69. The quantitative estimate of drug-likeness (QED) is 0.734. The molecule has 1 aliphatic rings. The SMILES string of the molecule is CCCCCc1ccc(OCC2(CO)COC2)cc1. The zero-order valence-electron chi connectivity index (χ0n) is 11.7. The maximum absolute atomic E-state index is 9.32. The van der Waals surface area contributed by atoms with Gasteiger partial charge >= 0.3 is 0 Å². The molecular formula is C16H24O3. The van der Waals surface area contributed by atoms with E-state index in [1.165, 1.54) is 24.8 Å². The molecule has 1 N–H and O–H groups in total. The minimum absolute atomic E-state index is 0.127. The molecule has 19 heavy (non-hydrogen) atoms. The third kappa shape index (κ3) is 3.95. The van der Waals surface area contributed by atoms with E-state index >= 15 is 0 Å². The van der Waals surface area contributed by atoms with Gasteiger partial charge in [0.2, 0.25) is 0 Å². The number of rotatable bonds is 8. The highest BCUT2D eigenvalue weighted by Gasteiger charge is 2.39. The minimum Gasteiger partial charge on any atom is -0.493 e. The van der Waals surface area contributed by atoms with Crippen LogP contribution in [0.2, 0.25) is 0 Å². The lowest BCUT2D eigenvalue weighted by Gasteiger charge is -2.39. The van der Waals surface area contributed by atoms with Crippen molar-refractivity contribution in [3.05, 3.63) is 29.8 Å². The van der Waals surface area contributed by atoms with Crippen molar-refractivity contribution in [2.75, 3.05) is 26.4 Å². The molecule has 0 spiro atoms. The van der Waals surface area contributed by atoms with Crippen molar-refractivity contribution in [3.63, 3.8) is 0 Å². The Labute approximate surface area is 115 Å². The second-order valence-electron chi connectivity index (χ2n) is 5.54. The second-order valence-corrected chi connectivity index (χ2v) is 5.54. The van der Waals surface area contributed by atoms with Gasteiger partial charge in [-0.25, -0.2) is 0 Å². The molecule has 2 rings (SSSR count). The van der Waals surface area contributed by atoms with E-state index in [0.717, 1.165) is 12.2 Å². The fraction of sp³-hybridized carbons (Fsp3) is 0.625. The topological polar surface area (TPSA) is 38.7 Å². The largest absolute Gasteiger partial charge is 0.493 e. The molecule has 0 bridgehead atoms. The highest BCUT2D eigenvalue weighted by molar-refractivity contribution is 5.27. The number of aryl methyl sites for hydroxylation is 1. The van der Waals surface area contributed by atoms with Gasteiger partial charge in [0, 0.05) is 0 Å². The summed E-state index contributed by atoms with van der Waals surface area (Å²) in [5.74, 6) is 0.874. The van der Waals surface area contributed by atoms with Gasteiger partial charge in [0.15, 0.2) is 0 Å². The molecule has 0 aliphatic carbocycles. The van der Waals surface area contributed by atoms with Gasteiger partial charge in [-0.2, -0.15) is 0 Å². The molecule has 3 nitrogen and oxygen atoms in total. The Hall–Kier alpha value is -1.06. The molecule has 1 fully saturated rings. The zero-order chi connectivity index (χ0) is 13.6. The van der Waals surface area contributed by atoms with Crippen molar-refractivity contribution in [1.82, 2.24) is 0 Å². The van der Waals surface area contributed by atoms with Gasteiger partial charge in [-0.05, 0) is 30.5 Å². The summed E-state index contributed by atoms with van der Waals surface area (Å²) in [6.45, 7) is 4.07. The summed E-state index contributed by atoms with van der Waals surface area (Å²) in [5.41, 5.74) is 1.18. The van der Waals surface area contributed by atoms with Gasteiger partial charge in [-0.3, -0.25) is 0 Å². The standard InChI is InChI=1S/C16H24O3/c1-2-3-4-5-14-6-8-15(9-7-14)19-13-16(10-17)11-18-12-16/h6-9,17H,2-5,10-13H2,1H3. The Bertz CT molecular complexity index is 363. The number of benzene rings is 1. The molecule has 3 heteroatoms. The molecule has 1 aromatic carbocycles. The Kier molecular flexibility index (Phi) is 5.23. The average molecular weight is 264 g/mol. The van der Waals surface area contributed by atoms with Gasteiger partial charge in [0.05, 0.1) is 25.2 Å². The highest BCUT2D eigenvalue weighted by Crippen LogP contribution is 2.28. The number of ether oxygens (including phenoxy) is 2. The van der Waals surface area contributed by atoms with Crippen molar-refractivity contribution in [2.45, 2.75) is 32.6 Å². The summed E-state index contributed by atoms with van der Waals surface area (Å²) in [4.78, 5) is 0. The molecule has 0 aromatic heterocycles. The molecule has 1 saturated heterocycles. The summed E-state index contributed by atoms with van der Waals surface area (Å²) >= 11 is 0. The van der Waals surface area contributed by atoms with Crippen LogP contribution >= 0.6 is 0 Å². The number of unbranched alkanes of at least 4 members (excludes halogenated alkanes) is 2. The lowest BCUT2D eigenvalue weighted by atomic mass is 9.88. The van der Waals surface area contributed by atoms with Gasteiger partial charge in [0.25, 0.3) is 0 Å². The Morgan fingerprint density at radius 2 is 1.95 bits per heavy atom. The number of aliphatic hydroxyl groups excluding tert-OH is 1. The van der Waals surface area contributed by atoms with Crippen molar-refractivity contribution in [2.24, 2.45) is 5.41 Å². The Morgan fingerprint density at radius 1 is 1.21 bits per heavy atom. The van der Waals surface area contributed by atoms with Gasteiger partial charge < -0.3 is 14.6 Å². The van der Waals surface area contributed by atoms with E-state index in [9.17, 15) is 5.11 Å². The van der Waals surface area contributed by atoms with Crippen LogP contribution < -0.4 is 4.74 Å². The van der Waals surface area contributed by atoms with E-state index in [0.29, 0.717) is 19.8 Å². The van der Waals surface area contributed by atoms with Crippen molar-refractivity contribution < 1.29 is 14.6 Å². The lowest BCUT2D eigenvalue weighted by Crippen LogP contribution is -2.49. The lowest BCUT2D eigenvalue weighted by molar-refractivity contribution is -0.153. The van der Waals surface area contributed by atoms with Crippen LogP contribution in [0.3, 0.4) is 0 Å². The fourth-order valence-electron chi connectivity index (χ4n) is 2.18. The zero-order valence-corrected chi connectivity index (χ0v) is 11.7. The minimum atomic E-state index is -0.181. The molecular weight excluding hydrogens is 240 g/mol. The third-order valence-corrected chi connectivity index (χ3v) is 3.69. The van der Waals surface area contributed by atoms with Gasteiger partial charge in [0.1, 0.15) is 12.4 Å². The van der Waals surface area contributed by atoms with Crippen LogP contribution in [0.5, 0.6) is 5.75 Å². The average Bonchev–Trinajstić information content (AvgIpc) is 2.40. The summed E-state index contributed by atoms with van der Waals surface area (Å²) < 4.78 is 10.9. The first-order valence-electron chi connectivity index (χ1n) is 7.18. The van der Waals surface area contributed by atoms with E-state index in [1.807, 2.05) is 12.1 Å². The molecule has 0 atom stereocenters. The van der Waals surface area contributed by atoms with Crippen LogP contribution in [0.15, 0.2) is 24.3 Å². The molecule has 1 heterocycles. The molecule has 1 aliphatic heterocycles.